The second-order valence-corrected chi connectivity index (χ2v) is 9.23. The molecule has 4 aliphatic rings. The summed E-state index contributed by atoms with van der Waals surface area (Å²) in [5.41, 5.74) is 0.589. The van der Waals surface area contributed by atoms with Gasteiger partial charge in [-0.25, -0.2) is 0 Å². The number of amides is 1. The molecule has 130 valence electrons. The van der Waals surface area contributed by atoms with Gasteiger partial charge in [0.2, 0.25) is 5.91 Å². The highest BCUT2D eigenvalue weighted by Crippen LogP contribution is 2.65. The first kappa shape index (κ1) is 16.2. The van der Waals surface area contributed by atoms with E-state index in [1.54, 1.807) is 6.08 Å². The van der Waals surface area contributed by atoms with E-state index in [0.29, 0.717) is 17.4 Å². The van der Waals surface area contributed by atoms with Crippen LogP contribution in [0.2, 0.25) is 0 Å². The molecule has 3 heteroatoms. The van der Waals surface area contributed by atoms with Crippen LogP contribution in [0.3, 0.4) is 0 Å². The van der Waals surface area contributed by atoms with Crippen molar-refractivity contribution in [2.45, 2.75) is 71.3 Å². The smallest absolute Gasteiger partial charge is 0.243 e. The lowest BCUT2D eigenvalue weighted by atomic mass is 9.48. The van der Waals surface area contributed by atoms with Gasteiger partial charge in [-0.1, -0.05) is 19.9 Å². The molecule has 1 heterocycles. The Labute approximate surface area is 145 Å². The Kier molecular flexibility index (Phi) is 3.79. The van der Waals surface area contributed by atoms with Gasteiger partial charge in [0.25, 0.3) is 0 Å². The van der Waals surface area contributed by atoms with E-state index < -0.39 is 0 Å². The summed E-state index contributed by atoms with van der Waals surface area (Å²) in [5, 5.41) is 12.2. The lowest BCUT2D eigenvalue weighted by molar-refractivity contribution is -0.122. The average Bonchev–Trinajstić information content (AvgIpc) is 2.90. The fourth-order valence-corrected chi connectivity index (χ4v) is 7.16. The van der Waals surface area contributed by atoms with Crippen molar-refractivity contribution in [3.8, 4) is 6.07 Å². The topological polar surface area (TPSA) is 52.9 Å². The zero-order valence-electron chi connectivity index (χ0n) is 15.1. The molecular formula is C21H30N2O. The molecule has 0 aromatic rings. The third-order valence-corrected chi connectivity index (χ3v) is 8.49. The van der Waals surface area contributed by atoms with Crippen LogP contribution in [0.5, 0.6) is 0 Å². The van der Waals surface area contributed by atoms with Gasteiger partial charge >= 0.3 is 0 Å². The molecule has 0 bridgehead atoms. The van der Waals surface area contributed by atoms with E-state index in [1.165, 1.54) is 32.1 Å². The number of nitrogens with zero attached hydrogens (tertiary/aromatic N) is 1. The maximum Gasteiger partial charge on any atom is 0.243 e. The quantitative estimate of drug-likeness (QED) is 0.826. The summed E-state index contributed by atoms with van der Waals surface area (Å²) in [6.07, 6.45) is 13.5. The zero-order chi connectivity index (χ0) is 16.9. The predicted molar refractivity (Wildman–Crippen MR) is 93.8 cm³/mol. The molecule has 24 heavy (non-hydrogen) atoms. The third kappa shape index (κ3) is 2.18. The van der Waals surface area contributed by atoms with Gasteiger partial charge in [-0.05, 0) is 80.1 Å². The number of carbonyl (C=O) groups is 1. The van der Waals surface area contributed by atoms with Crippen LogP contribution in [0.15, 0.2) is 12.2 Å². The lowest BCUT2D eigenvalue weighted by Crippen LogP contribution is -2.59. The lowest BCUT2D eigenvalue weighted by Gasteiger charge is -2.59. The van der Waals surface area contributed by atoms with Gasteiger partial charge in [-0.2, -0.15) is 5.26 Å². The predicted octanol–water partition coefficient (Wildman–Crippen LogP) is 4.20. The van der Waals surface area contributed by atoms with Gasteiger partial charge in [-0.15, -0.1) is 0 Å². The number of hydrogen-bond donors (Lipinski definition) is 1. The summed E-state index contributed by atoms with van der Waals surface area (Å²) in [7, 11) is 0. The summed E-state index contributed by atoms with van der Waals surface area (Å²) in [4.78, 5) is 11.8. The highest BCUT2D eigenvalue weighted by Gasteiger charge is 2.59. The third-order valence-electron chi connectivity index (χ3n) is 8.49. The molecule has 1 amide bonds. The summed E-state index contributed by atoms with van der Waals surface area (Å²) in [6, 6.07) is 2.69. The van der Waals surface area contributed by atoms with Gasteiger partial charge in [0.1, 0.15) is 0 Å². The second kappa shape index (κ2) is 5.61. The first-order valence-corrected chi connectivity index (χ1v) is 9.86. The largest absolute Gasteiger partial charge is 0.349 e. The maximum absolute atomic E-state index is 11.8. The van der Waals surface area contributed by atoms with Gasteiger partial charge in [0.05, 0.1) is 6.07 Å². The monoisotopic (exact) mass is 326 g/mol. The Morgan fingerprint density at radius 1 is 1.21 bits per heavy atom. The molecule has 4 rings (SSSR count). The van der Waals surface area contributed by atoms with Crippen molar-refractivity contribution in [2.75, 3.05) is 0 Å². The Morgan fingerprint density at radius 2 is 2.04 bits per heavy atom. The van der Waals surface area contributed by atoms with Gasteiger partial charge in [0, 0.05) is 17.9 Å². The molecule has 0 unspecified atom stereocenters. The van der Waals surface area contributed by atoms with E-state index in [0.717, 1.165) is 37.0 Å². The molecule has 1 N–H and O–H groups in total. The standard InChI is InChI=1S/C21H30N2O/c1-20-11-9-17-15(16(20)7-5-14(20)4-3-13-22)6-8-18-21(17,2)12-10-19(24)23-18/h10,12,14-18H,3-9,11H2,1-2H3,(H,23,24)/t14-,15-,16-,17-,18+,20+,21+/m0/s1. The van der Waals surface area contributed by atoms with Gasteiger partial charge < -0.3 is 5.32 Å². The normalized spacial score (nSPS) is 49.5. The van der Waals surface area contributed by atoms with Crippen LogP contribution in [-0.4, -0.2) is 11.9 Å². The van der Waals surface area contributed by atoms with Crippen molar-refractivity contribution in [1.82, 2.24) is 5.32 Å². The molecule has 0 aromatic heterocycles. The van der Waals surface area contributed by atoms with Crippen LogP contribution in [0, 0.1) is 45.8 Å². The van der Waals surface area contributed by atoms with E-state index in [2.05, 4.69) is 31.3 Å². The molecule has 7 atom stereocenters. The van der Waals surface area contributed by atoms with Crippen molar-refractivity contribution in [3.63, 3.8) is 0 Å². The van der Waals surface area contributed by atoms with Gasteiger partial charge in [0.15, 0.2) is 0 Å². The first-order chi connectivity index (χ1) is 11.5. The Balaban J connectivity index is 1.60. The minimum Gasteiger partial charge on any atom is -0.349 e. The van der Waals surface area contributed by atoms with Gasteiger partial charge in [-0.3, -0.25) is 4.79 Å². The highest BCUT2D eigenvalue weighted by molar-refractivity contribution is 5.89. The fraction of sp³-hybridized carbons (Fsp3) is 0.810. The summed E-state index contributed by atoms with van der Waals surface area (Å²) in [6.45, 7) is 4.91. The maximum atomic E-state index is 11.8. The van der Waals surface area contributed by atoms with Crippen molar-refractivity contribution >= 4 is 5.91 Å². The molecule has 3 saturated carbocycles. The number of rotatable bonds is 2. The highest BCUT2D eigenvalue weighted by atomic mass is 16.1. The van der Waals surface area contributed by atoms with Crippen molar-refractivity contribution in [3.05, 3.63) is 12.2 Å². The molecule has 0 radical (unpaired) electrons. The van der Waals surface area contributed by atoms with Crippen LogP contribution >= 0.6 is 0 Å². The minimum absolute atomic E-state index is 0.0917. The molecular weight excluding hydrogens is 296 g/mol. The molecule has 3 aliphatic carbocycles. The summed E-state index contributed by atoms with van der Waals surface area (Å²) < 4.78 is 0. The minimum atomic E-state index is 0.0917. The summed E-state index contributed by atoms with van der Waals surface area (Å²) >= 11 is 0. The number of nitriles is 1. The van der Waals surface area contributed by atoms with Crippen molar-refractivity contribution < 1.29 is 4.79 Å². The molecule has 0 saturated heterocycles. The molecule has 0 spiro atoms. The Morgan fingerprint density at radius 3 is 2.83 bits per heavy atom. The Hall–Kier alpha value is -1.30. The van der Waals surface area contributed by atoms with Crippen molar-refractivity contribution in [2.24, 2.45) is 34.5 Å². The molecule has 1 aliphatic heterocycles. The number of hydrogen-bond acceptors (Lipinski definition) is 2. The number of nitrogens with one attached hydrogen (secondary N) is 1. The van der Waals surface area contributed by atoms with E-state index >= 15 is 0 Å². The molecule has 0 aromatic carbocycles. The van der Waals surface area contributed by atoms with E-state index in [-0.39, 0.29) is 11.3 Å². The van der Waals surface area contributed by atoms with Crippen molar-refractivity contribution in [1.29, 1.82) is 5.26 Å². The fourth-order valence-electron chi connectivity index (χ4n) is 7.16. The molecule has 3 nitrogen and oxygen atoms in total. The SMILES string of the molecule is C[C@]12C=CC(=O)N[C@@H]1CC[C@@H]1[C@@H]2CC[C@]2(C)[C@@H](CCC#N)CC[C@@H]12. The van der Waals surface area contributed by atoms with Crippen LogP contribution in [0.4, 0.5) is 0 Å². The van der Waals surface area contributed by atoms with E-state index in [4.69, 9.17) is 5.26 Å². The first-order valence-electron chi connectivity index (χ1n) is 9.86. The van der Waals surface area contributed by atoms with E-state index in [9.17, 15) is 4.79 Å². The second-order valence-electron chi connectivity index (χ2n) is 9.23. The zero-order valence-corrected chi connectivity index (χ0v) is 15.1. The Bertz CT molecular complexity index is 605. The van der Waals surface area contributed by atoms with E-state index in [1.807, 2.05) is 0 Å². The number of carbonyl (C=O) groups excluding carboxylic acids is 1. The number of fused-ring (bicyclic) bond motifs is 5. The van der Waals surface area contributed by atoms with Crippen LogP contribution in [-0.2, 0) is 4.79 Å². The van der Waals surface area contributed by atoms with Crippen LogP contribution in [0.25, 0.3) is 0 Å². The average molecular weight is 326 g/mol. The molecule has 3 fully saturated rings. The van der Waals surface area contributed by atoms with Crippen LogP contribution < -0.4 is 5.32 Å². The summed E-state index contributed by atoms with van der Waals surface area (Å²) in [5.74, 6) is 3.17. The van der Waals surface area contributed by atoms with Crippen LogP contribution in [0.1, 0.15) is 65.2 Å².